The summed E-state index contributed by atoms with van der Waals surface area (Å²) in [5.41, 5.74) is -0.0346. The third kappa shape index (κ3) is 5.78. The summed E-state index contributed by atoms with van der Waals surface area (Å²) in [6.07, 6.45) is 4.31. The predicted octanol–water partition coefficient (Wildman–Crippen LogP) is 4.15. The molecule has 7 nitrogen and oxygen atoms in total. The Morgan fingerprint density at radius 3 is 2.67 bits per heavy atom. The van der Waals surface area contributed by atoms with Crippen molar-refractivity contribution >= 4 is 12.0 Å². The van der Waals surface area contributed by atoms with Crippen molar-refractivity contribution in [3.05, 3.63) is 29.6 Å². The average Bonchev–Trinajstić information content (AvgIpc) is 2.76. The van der Waals surface area contributed by atoms with Gasteiger partial charge in [-0.15, -0.1) is 0 Å². The number of alkyl carbamates (subject to hydrolysis) is 1. The first-order valence-electron chi connectivity index (χ1n) is 12.0. The van der Waals surface area contributed by atoms with Gasteiger partial charge in [0.2, 0.25) is 0 Å². The minimum Gasteiger partial charge on any atom is -0.483 e. The maximum atomic E-state index is 14.7. The van der Waals surface area contributed by atoms with Crippen molar-refractivity contribution in [1.82, 2.24) is 10.2 Å². The van der Waals surface area contributed by atoms with Gasteiger partial charge in [-0.25, -0.2) is 9.18 Å². The Kier molecular flexibility index (Phi) is 7.12. The molecule has 8 heteroatoms. The molecule has 3 heterocycles. The molecule has 1 saturated carbocycles. The Hall–Kier alpha value is -2.35. The number of piperidine rings is 1. The smallest absolute Gasteiger partial charge is 0.407 e. The molecule has 1 aromatic carbocycles. The zero-order valence-corrected chi connectivity index (χ0v) is 19.8. The van der Waals surface area contributed by atoms with Crippen LogP contribution in [0.1, 0.15) is 70.8 Å². The molecule has 5 rings (SSSR count). The van der Waals surface area contributed by atoms with E-state index in [0.717, 1.165) is 38.5 Å². The van der Waals surface area contributed by atoms with Crippen LogP contribution in [0.15, 0.2) is 18.2 Å². The molecule has 1 N–H and O–H groups in total. The molecule has 0 radical (unpaired) electrons. The summed E-state index contributed by atoms with van der Waals surface area (Å²) < 4.78 is 32.3. The summed E-state index contributed by atoms with van der Waals surface area (Å²) in [5, 5.41) is 2.96. The van der Waals surface area contributed by atoms with E-state index in [1.54, 1.807) is 17.0 Å². The molecule has 2 fully saturated rings. The monoisotopic (exact) mass is 462 g/mol. The van der Waals surface area contributed by atoms with Crippen molar-refractivity contribution in [2.75, 3.05) is 19.8 Å². The molecule has 1 saturated heterocycles. The van der Waals surface area contributed by atoms with E-state index < -0.39 is 11.7 Å². The molecule has 2 amide bonds. The van der Waals surface area contributed by atoms with Gasteiger partial charge in [0.25, 0.3) is 5.91 Å². The number of hydrogen-bond donors (Lipinski definition) is 1. The second-order valence-corrected chi connectivity index (χ2v) is 10.3. The summed E-state index contributed by atoms with van der Waals surface area (Å²) in [7, 11) is 0. The summed E-state index contributed by atoms with van der Waals surface area (Å²) in [6, 6.07) is 4.24. The summed E-state index contributed by atoms with van der Waals surface area (Å²) in [6.45, 7) is 6.18. The molecule has 1 aromatic rings. The molecule has 182 valence electrons. The second kappa shape index (κ2) is 9.87. The van der Waals surface area contributed by atoms with Gasteiger partial charge < -0.3 is 24.4 Å². The summed E-state index contributed by atoms with van der Waals surface area (Å²) in [5.74, 6) is 0.0304. The van der Waals surface area contributed by atoms with E-state index in [2.05, 4.69) is 5.32 Å². The van der Waals surface area contributed by atoms with Gasteiger partial charge in [0.15, 0.2) is 6.61 Å². The molecule has 4 aliphatic rings. The fourth-order valence-corrected chi connectivity index (χ4v) is 5.21. The van der Waals surface area contributed by atoms with Crippen LogP contribution in [0.3, 0.4) is 0 Å². The van der Waals surface area contributed by atoms with Crippen molar-refractivity contribution < 1.29 is 28.2 Å². The lowest BCUT2D eigenvalue weighted by Gasteiger charge is -2.42. The van der Waals surface area contributed by atoms with Crippen molar-refractivity contribution in [2.45, 2.75) is 89.0 Å². The normalized spacial score (nSPS) is 28.4. The zero-order chi connectivity index (χ0) is 23.6. The van der Waals surface area contributed by atoms with E-state index in [4.69, 9.17) is 14.2 Å². The number of hydrogen-bond acceptors (Lipinski definition) is 5. The number of carbonyl (C=O) groups is 2. The Bertz CT molecular complexity index is 863. The van der Waals surface area contributed by atoms with Crippen LogP contribution in [0, 0.1) is 5.82 Å². The van der Waals surface area contributed by atoms with E-state index in [9.17, 15) is 14.0 Å². The molecule has 1 unspecified atom stereocenters. The first-order chi connectivity index (χ1) is 15.7. The molecular formula is C25H35FN2O5. The van der Waals surface area contributed by atoms with Gasteiger partial charge in [0.1, 0.15) is 17.2 Å². The van der Waals surface area contributed by atoms with Crippen LogP contribution in [-0.2, 0) is 14.3 Å². The summed E-state index contributed by atoms with van der Waals surface area (Å²) in [4.78, 5) is 27.4. The highest BCUT2D eigenvalue weighted by Crippen LogP contribution is 2.40. The number of ether oxygens (including phenoxy) is 3. The van der Waals surface area contributed by atoms with E-state index in [1.807, 2.05) is 20.8 Å². The second-order valence-electron chi connectivity index (χ2n) is 10.3. The molecule has 3 aliphatic heterocycles. The van der Waals surface area contributed by atoms with Crippen molar-refractivity contribution in [3.63, 3.8) is 0 Å². The third-order valence-corrected chi connectivity index (χ3v) is 6.75. The standard InChI is InChI=1S/C25H35FN2O5/c1-25(2,3)33-24(30)27-19-7-5-13-28-20(19)14-31-17-11-9-16(10-12-17)23-18(26)6-4-8-21(23)32-15-22(28)29/h4,6,8,16-17,19-20H,5,7,9-15H2,1-3H3,(H,27,30)/t16-,17+,19?,20-/m0/s1. The lowest BCUT2D eigenvalue weighted by molar-refractivity contribution is -0.140. The van der Waals surface area contributed by atoms with Crippen LogP contribution in [0.2, 0.25) is 0 Å². The lowest BCUT2D eigenvalue weighted by atomic mass is 9.82. The Morgan fingerprint density at radius 2 is 1.94 bits per heavy atom. The maximum Gasteiger partial charge on any atom is 0.407 e. The van der Waals surface area contributed by atoms with Gasteiger partial charge >= 0.3 is 6.09 Å². The average molecular weight is 463 g/mol. The number of benzene rings is 1. The number of nitrogens with zero attached hydrogens (tertiary/aromatic N) is 1. The Balaban J connectivity index is 1.56. The highest BCUT2D eigenvalue weighted by molar-refractivity contribution is 5.78. The molecule has 1 aliphatic carbocycles. The number of halogens is 1. The highest BCUT2D eigenvalue weighted by Gasteiger charge is 2.38. The number of amides is 2. The van der Waals surface area contributed by atoms with Crippen molar-refractivity contribution in [2.24, 2.45) is 0 Å². The number of fused-ring (bicyclic) bond motifs is 5. The molecule has 0 aromatic heterocycles. The van der Waals surface area contributed by atoms with E-state index in [-0.39, 0.29) is 42.4 Å². The fourth-order valence-electron chi connectivity index (χ4n) is 5.21. The van der Waals surface area contributed by atoms with Gasteiger partial charge in [-0.3, -0.25) is 4.79 Å². The first kappa shape index (κ1) is 23.8. The van der Waals surface area contributed by atoms with Gasteiger partial charge in [0, 0.05) is 12.1 Å². The van der Waals surface area contributed by atoms with Crippen molar-refractivity contribution in [1.29, 1.82) is 0 Å². The quantitative estimate of drug-likeness (QED) is 0.679. The van der Waals surface area contributed by atoms with Crippen molar-refractivity contribution in [3.8, 4) is 5.75 Å². The molecule has 2 bridgehead atoms. The fraction of sp³-hybridized carbons (Fsp3) is 0.680. The van der Waals surface area contributed by atoms with E-state index in [0.29, 0.717) is 24.5 Å². The predicted molar refractivity (Wildman–Crippen MR) is 121 cm³/mol. The third-order valence-electron chi connectivity index (χ3n) is 6.75. The van der Waals surface area contributed by atoms with E-state index >= 15 is 0 Å². The van der Waals surface area contributed by atoms with Gasteiger partial charge in [0.05, 0.1) is 24.8 Å². The van der Waals surface area contributed by atoms with E-state index in [1.165, 1.54) is 6.07 Å². The van der Waals surface area contributed by atoms with Crippen LogP contribution in [0.25, 0.3) is 0 Å². The molecule has 2 atom stereocenters. The lowest BCUT2D eigenvalue weighted by Crippen LogP contribution is -2.60. The van der Waals surface area contributed by atoms with Gasteiger partial charge in [-0.05, 0) is 77.3 Å². The van der Waals surface area contributed by atoms with Crippen LogP contribution >= 0.6 is 0 Å². The maximum absolute atomic E-state index is 14.7. The minimum atomic E-state index is -0.606. The largest absolute Gasteiger partial charge is 0.483 e. The van der Waals surface area contributed by atoms with Gasteiger partial charge in [-0.1, -0.05) is 6.07 Å². The van der Waals surface area contributed by atoms with Crippen LogP contribution < -0.4 is 10.1 Å². The Labute approximate surface area is 194 Å². The Morgan fingerprint density at radius 1 is 1.18 bits per heavy atom. The van der Waals surface area contributed by atoms with Crippen LogP contribution in [0.4, 0.5) is 9.18 Å². The molecular weight excluding hydrogens is 427 g/mol. The van der Waals surface area contributed by atoms with Gasteiger partial charge in [-0.2, -0.15) is 0 Å². The van der Waals surface area contributed by atoms with Crippen LogP contribution in [-0.4, -0.2) is 60.4 Å². The molecule has 33 heavy (non-hydrogen) atoms. The topological polar surface area (TPSA) is 77.1 Å². The zero-order valence-electron chi connectivity index (χ0n) is 19.8. The minimum absolute atomic E-state index is 0.0548. The van der Waals surface area contributed by atoms with Crippen LogP contribution in [0.5, 0.6) is 5.75 Å². The highest BCUT2D eigenvalue weighted by atomic mass is 19.1. The number of carbonyl (C=O) groups excluding carboxylic acids is 2. The number of rotatable bonds is 1. The SMILES string of the molecule is CC(C)(C)OC(=O)NC1CCCN2C(=O)COc3cccc(F)c3[C@H]3CC[C@H](CC3)OC[C@@H]12. The number of nitrogens with one attached hydrogen (secondary N) is 1. The summed E-state index contributed by atoms with van der Waals surface area (Å²) >= 11 is 0. The first-order valence-corrected chi connectivity index (χ1v) is 12.0. The molecule has 0 spiro atoms.